The van der Waals surface area contributed by atoms with Crippen LogP contribution in [-0.2, 0) is 17.9 Å². The summed E-state index contributed by atoms with van der Waals surface area (Å²) in [7, 11) is 0. The van der Waals surface area contributed by atoms with E-state index < -0.39 is 0 Å². The maximum atomic E-state index is 12.0. The highest BCUT2D eigenvalue weighted by Crippen LogP contribution is 2.19. The van der Waals surface area contributed by atoms with Crippen LogP contribution >= 0.6 is 0 Å². The van der Waals surface area contributed by atoms with Gasteiger partial charge in [-0.05, 0) is 69.3 Å². The third kappa shape index (κ3) is 5.82. The summed E-state index contributed by atoms with van der Waals surface area (Å²) >= 11 is 0. The van der Waals surface area contributed by atoms with Gasteiger partial charge in [0, 0.05) is 25.6 Å². The Morgan fingerprint density at radius 3 is 2.72 bits per heavy atom. The van der Waals surface area contributed by atoms with Crippen LogP contribution in [0.5, 0.6) is 0 Å². The van der Waals surface area contributed by atoms with Crippen LogP contribution in [0.4, 0.5) is 0 Å². The van der Waals surface area contributed by atoms with Crippen molar-refractivity contribution in [2.45, 2.75) is 64.6 Å². The summed E-state index contributed by atoms with van der Waals surface area (Å²) in [5, 5.41) is 6.42. The molecule has 138 valence electrons. The van der Waals surface area contributed by atoms with Crippen molar-refractivity contribution in [2.75, 3.05) is 19.6 Å². The van der Waals surface area contributed by atoms with Gasteiger partial charge in [-0.15, -0.1) is 0 Å². The van der Waals surface area contributed by atoms with E-state index in [4.69, 9.17) is 0 Å². The predicted molar refractivity (Wildman–Crippen MR) is 102 cm³/mol. The third-order valence-electron chi connectivity index (χ3n) is 5.78. The molecule has 2 aliphatic rings. The highest BCUT2D eigenvalue weighted by atomic mass is 16.1. The molecule has 4 heteroatoms. The molecule has 1 aromatic rings. The minimum Gasteiger partial charge on any atom is -0.352 e. The molecule has 3 rings (SSSR count). The molecule has 2 heterocycles. The van der Waals surface area contributed by atoms with E-state index in [0.29, 0.717) is 24.9 Å². The topological polar surface area (TPSA) is 44.4 Å². The molecule has 4 nitrogen and oxygen atoms in total. The minimum atomic E-state index is 0.179. The lowest BCUT2D eigenvalue weighted by Crippen LogP contribution is -2.36. The molecule has 2 N–H and O–H groups in total. The molecule has 25 heavy (non-hydrogen) atoms. The zero-order valence-electron chi connectivity index (χ0n) is 15.6. The van der Waals surface area contributed by atoms with E-state index >= 15 is 0 Å². The second kappa shape index (κ2) is 9.35. The molecule has 0 radical (unpaired) electrons. The van der Waals surface area contributed by atoms with Gasteiger partial charge in [-0.1, -0.05) is 30.7 Å². The molecule has 0 saturated carbocycles. The van der Waals surface area contributed by atoms with Crippen LogP contribution in [0.25, 0.3) is 0 Å². The van der Waals surface area contributed by atoms with Crippen molar-refractivity contribution >= 4 is 5.91 Å². The summed E-state index contributed by atoms with van der Waals surface area (Å²) in [6, 6.07) is 9.44. The Hall–Kier alpha value is -1.39. The van der Waals surface area contributed by atoms with Crippen LogP contribution in [0.3, 0.4) is 0 Å². The normalized spacial score (nSPS) is 24.4. The molecule has 0 spiro atoms. The van der Waals surface area contributed by atoms with Crippen molar-refractivity contribution < 1.29 is 4.79 Å². The van der Waals surface area contributed by atoms with Gasteiger partial charge in [-0.25, -0.2) is 0 Å². The second-order valence-electron chi connectivity index (χ2n) is 7.81. The Kier molecular flexibility index (Phi) is 6.88. The first-order valence-electron chi connectivity index (χ1n) is 10.00. The number of nitrogens with one attached hydrogen (secondary N) is 2. The first-order valence-corrected chi connectivity index (χ1v) is 10.00. The van der Waals surface area contributed by atoms with Crippen molar-refractivity contribution in [1.82, 2.24) is 15.5 Å². The van der Waals surface area contributed by atoms with E-state index in [1.165, 1.54) is 43.4 Å². The number of hydrogen-bond acceptors (Lipinski definition) is 3. The summed E-state index contributed by atoms with van der Waals surface area (Å²) in [5.41, 5.74) is 2.56. The van der Waals surface area contributed by atoms with Gasteiger partial charge in [0.25, 0.3) is 0 Å². The van der Waals surface area contributed by atoms with Crippen molar-refractivity contribution in [3.8, 4) is 0 Å². The summed E-state index contributed by atoms with van der Waals surface area (Å²) in [5.74, 6) is 0.861. The fourth-order valence-electron chi connectivity index (χ4n) is 3.97. The summed E-state index contributed by atoms with van der Waals surface area (Å²) in [6.45, 7) is 7.42. The van der Waals surface area contributed by atoms with Gasteiger partial charge >= 0.3 is 0 Å². The fraction of sp³-hybridized carbons (Fsp3) is 0.667. The number of rotatable bonds is 7. The highest BCUT2D eigenvalue weighted by Gasteiger charge is 2.18. The number of hydrogen-bond donors (Lipinski definition) is 2. The fourth-order valence-corrected chi connectivity index (χ4v) is 3.97. The molecule has 0 bridgehead atoms. The van der Waals surface area contributed by atoms with Gasteiger partial charge in [0.1, 0.15) is 0 Å². The number of piperidine rings is 1. The predicted octanol–water partition coefficient (Wildman–Crippen LogP) is 3.07. The standard InChI is InChI=1S/C21H33N3O/c1-17-4-2-3-13-24(17)16-20-7-5-18(6-8-20)15-23-21(25)10-9-19-11-12-22-14-19/h5-8,17,19,22H,2-4,9-16H2,1H3,(H,23,25). The summed E-state index contributed by atoms with van der Waals surface area (Å²) < 4.78 is 0. The van der Waals surface area contributed by atoms with Gasteiger partial charge in [0.15, 0.2) is 0 Å². The van der Waals surface area contributed by atoms with Crippen LogP contribution in [0.1, 0.15) is 56.6 Å². The smallest absolute Gasteiger partial charge is 0.220 e. The molecule has 2 fully saturated rings. The van der Waals surface area contributed by atoms with Crippen molar-refractivity contribution in [3.63, 3.8) is 0 Å². The van der Waals surface area contributed by atoms with Crippen molar-refractivity contribution in [1.29, 1.82) is 0 Å². The quantitative estimate of drug-likeness (QED) is 0.800. The Labute approximate surface area is 152 Å². The van der Waals surface area contributed by atoms with Gasteiger partial charge in [-0.3, -0.25) is 9.69 Å². The van der Waals surface area contributed by atoms with Crippen molar-refractivity contribution in [3.05, 3.63) is 35.4 Å². The molecule has 2 atom stereocenters. The molecule has 1 amide bonds. The molecule has 2 aliphatic heterocycles. The monoisotopic (exact) mass is 343 g/mol. The third-order valence-corrected chi connectivity index (χ3v) is 5.78. The van der Waals surface area contributed by atoms with E-state index in [9.17, 15) is 4.79 Å². The van der Waals surface area contributed by atoms with E-state index in [2.05, 4.69) is 46.7 Å². The molecule has 2 saturated heterocycles. The first-order chi connectivity index (χ1) is 12.2. The summed E-state index contributed by atoms with van der Waals surface area (Å²) in [4.78, 5) is 14.6. The average Bonchev–Trinajstić information content (AvgIpc) is 3.15. The van der Waals surface area contributed by atoms with Crippen LogP contribution in [0.15, 0.2) is 24.3 Å². The molecule has 0 aliphatic carbocycles. The number of carbonyl (C=O) groups is 1. The van der Waals surface area contributed by atoms with Crippen LogP contribution in [0, 0.1) is 5.92 Å². The Bertz CT molecular complexity index is 537. The van der Waals surface area contributed by atoms with Crippen LogP contribution in [-0.4, -0.2) is 36.5 Å². The molecule has 1 aromatic carbocycles. The number of nitrogens with zero attached hydrogens (tertiary/aromatic N) is 1. The zero-order chi connectivity index (χ0) is 17.5. The van der Waals surface area contributed by atoms with Gasteiger partial charge in [0.2, 0.25) is 5.91 Å². The minimum absolute atomic E-state index is 0.179. The summed E-state index contributed by atoms with van der Waals surface area (Å²) in [6.07, 6.45) is 6.88. The lowest BCUT2D eigenvalue weighted by molar-refractivity contribution is -0.121. The van der Waals surface area contributed by atoms with E-state index in [-0.39, 0.29) is 5.91 Å². The van der Waals surface area contributed by atoms with E-state index in [1.54, 1.807) is 0 Å². The number of carbonyl (C=O) groups excluding carboxylic acids is 1. The zero-order valence-corrected chi connectivity index (χ0v) is 15.6. The Morgan fingerprint density at radius 1 is 1.20 bits per heavy atom. The SMILES string of the molecule is CC1CCCCN1Cc1ccc(CNC(=O)CCC2CCNC2)cc1. The van der Waals surface area contributed by atoms with Gasteiger partial charge < -0.3 is 10.6 Å². The maximum Gasteiger partial charge on any atom is 0.220 e. The van der Waals surface area contributed by atoms with Crippen LogP contribution in [0.2, 0.25) is 0 Å². The molecule has 2 unspecified atom stereocenters. The van der Waals surface area contributed by atoms with Crippen LogP contribution < -0.4 is 10.6 Å². The highest BCUT2D eigenvalue weighted by molar-refractivity contribution is 5.75. The second-order valence-corrected chi connectivity index (χ2v) is 7.81. The average molecular weight is 344 g/mol. The van der Waals surface area contributed by atoms with Gasteiger partial charge in [0.05, 0.1) is 0 Å². The Morgan fingerprint density at radius 2 is 2.00 bits per heavy atom. The maximum absolute atomic E-state index is 12.0. The number of likely N-dealkylation sites (tertiary alicyclic amines) is 1. The number of benzene rings is 1. The lowest BCUT2D eigenvalue weighted by atomic mass is 10.0. The lowest BCUT2D eigenvalue weighted by Gasteiger charge is -2.33. The molecular formula is C21H33N3O. The Balaban J connectivity index is 1.38. The number of amides is 1. The molecular weight excluding hydrogens is 310 g/mol. The largest absolute Gasteiger partial charge is 0.352 e. The van der Waals surface area contributed by atoms with E-state index in [0.717, 1.165) is 26.1 Å². The van der Waals surface area contributed by atoms with E-state index in [1.807, 2.05) is 0 Å². The van der Waals surface area contributed by atoms with Gasteiger partial charge in [-0.2, -0.15) is 0 Å². The first kappa shape index (κ1) is 18.4. The molecule has 0 aromatic heterocycles. The van der Waals surface area contributed by atoms with Crippen molar-refractivity contribution in [2.24, 2.45) is 5.92 Å².